The molecular formula is C21H21N2O6-. The molecule has 0 aliphatic carbocycles. The van der Waals surface area contributed by atoms with Crippen LogP contribution in [-0.2, 0) is 6.42 Å². The van der Waals surface area contributed by atoms with Gasteiger partial charge in [-0.25, -0.2) is 0 Å². The highest BCUT2D eigenvalue weighted by Crippen LogP contribution is 2.49. The summed E-state index contributed by atoms with van der Waals surface area (Å²) in [6, 6.07) is 7.99. The third-order valence-corrected chi connectivity index (χ3v) is 5.00. The van der Waals surface area contributed by atoms with Gasteiger partial charge >= 0.3 is 0 Å². The minimum Gasteiger partial charge on any atom is -0.733 e. The molecule has 0 spiro atoms. The Hall–Kier alpha value is -3.12. The van der Waals surface area contributed by atoms with Gasteiger partial charge < -0.3 is 29.4 Å². The van der Waals surface area contributed by atoms with Crippen LogP contribution in [0.3, 0.4) is 0 Å². The second-order valence-corrected chi connectivity index (χ2v) is 6.73. The van der Waals surface area contributed by atoms with Crippen molar-refractivity contribution >= 4 is 5.69 Å². The van der Waals surface area contributed by atoms with E-state index in [1.807, 2.05) is 13.1 Å². The molecule has 2 aliphatic rings. The predicted octanol–water partition coefficient (Wildman–Crippen LogP) is 2.73. The first-order valence-electron chi connectivity index (χ1n) is 9.15. The molecule has 1 unspecified atom stereocenters. The van der Waals surface area contributed by atoms with Gasteiger partial charge in [-0.05, 0) is 49.4 Å². The van der Waals surface area contributed by atoms with Crippen molar-refractivity contribution in [3.63, 3.8) is 0 Å². The molecule has 1 N–H and O–H groups in total. The summed E-state index contributed by atoms with van der Waals surface area (Å²) in [5, 5.41) is 19.5. The molecule has 152 valence electrons. The molecule has 8 nitrogen and oxygen atoms in total. The number of anilines is 1. The van der Waals surface area contributed by atoms with Crippen LogP contribution in [0.25, 0.3) is 0 Å². The van der Waals surface area contributed by atoms with Gasteiger partial charge in [0.05, 0.1) is 12.8 Å². The molecule has 1 atom stereocenters. The van der Waals surface area contributed by atoms with E-state index in [1.165, 1.54) is 12.1 Å². The highest BCUT2D eigenvalue weighted by Gasteiger charge is 2.33. The van der Waals surface area contributed by atoms with Crippen LogP contribution < -0.4 is 24.2 Å². The molecule has 2 aromatic rings. The van der Waals surface area contributed by atoms with Crippen molar-refractivity contribution in [2.75, 3.05) is 39.3 Å². The van der Waals surface area contributed by atoms with Gasteiger partial charge in [-0.1, -0.05) is 11.8 Å². The Balaban J connectivity index is 1.53. The topological polar surface area (TPSA) is 86.7 Å². The Bertz CT molecular complexity index is 948. The van der Waals surface area contributed by atoms with Crippen molar-refractivity contribution in [1.82, 2.24) is 4.90 Å². The highest BCUT2D eigenvalue weighted by molar-refractivity contribution is 5.63. The first-order chi connectivity index (χ1) is 14.1. The van der Waals surface area contributed by atoms with Crippen LogP contribution >= 0.6 is 0 Å². The molecule has 0 aromatic heterocycles. The predicted molar refractivity (Wildman–Crippen MR) is 106 cm³/mol. The molecule has 2 aliphatic heterocycles. The van der Waals surface area contributed by atoms with Crippen molar-refractivity contribution in [1.29, 1.82) is 0 Å². The Morgan fingerprint density at radius 1 is 1.31 bits per heavy atom. The van der Waals surface area contributed by atoms with Gasteiger partial charge in [0, 0.05) is 12.1 Å². The smallest absolute Gasteiger partial charge is 0.231 e. The van der Waals surface area contributed by atoms with Gasteiger partial charge in [-0.15, -0.1) is 0 Å². The SMILES string of the molecule is COc1c2c(cc3c1C(C#CCOc1ccc(N([O-])O)cc1)N(C)CC3)OCO2. The lowest BCUT2D eigenvalue weighted by molar-refractivity contribution is 0.171. The van der Waals surface area contributed by atoms with Gasteiger partial charge in [-0.3, -0.25) is 10.1 Å². The van der Waals surface area contributed by atoms with Crippen molar-refractivity contribution in [2.45, 2.75) is 12.5 Å². The second-order valence-electron chi connectivity index (χ2n) is 6.73. The van der Waals surface area contributed by atoms with Gasteiger partial charge in [-0.2, -0.15) is 0 Å². The number of nitrogens with zero attached hydrogens (tertiary/aromatic N) is 2. The number of ether oxygens (including phenoxy) is 4. The fraction of sp³-hybridized carbons (Fsp3) is 0.333. The van der Waals surface area contributed by atoms with Crippen LogP contribution in [0.2, 0.25) is 0 Å². The average Bonchev–Trinajstić information content (AvgIpc) is 3.19. The largest absolute Gasteiger partial charge is 0.733 e. The number of rotatable bonds is 4. The standard InChI is InChI=1S/C21H21N2O6/c1-22-10-9-14-12-18-20(29-13-28-18)21(26-2)19(14)17(22)4-3-11-27-16-7-5-15(6-8-16)23(24)25/h5-8,12,17,24H,9-11,13H2,1-2H3/q-1. The summed E-state index contributed by atoms with van der Waals surface area (Å²) < 4.78 is 22.4. The second kappa shape index (κ2) is 8.09. The van der Waals surface area contributed by atoms with Gasteiger partial charge in [0.15, 0.2) is 11.5 Å². The summed E-state index contributed by atoms with van der Waals surface area (Å²) in [6.07, 6.45) is 0.876. The molecular weight excluding hydrogens is 376 g/mol. The summed E-state index contributed by atoms with van der Waals surface area (Å²) in [5.41, 5.74) is 2.28. The van der Waals surface area contributed by atoms with Gasteiger partial charge in [0.1, 0.15) is 18.4 Å². The van der Waals surface area contributed by atoms with Crippen LogP contribution in [0.15, 0.2) is 30.3 Å². The average molecular weight is 397 g/mol. The van der Waals surface area contributed by atoms with E-state index in [4.69, 9.17) is 24.2 Å². The number of benzene rings is 2. The highest BCUT2D eigenvalue weighted by atomic mass is 16.8. The molecule has 4 rings (SSSR count). The zero-order valence-electron chi connectivity index (χ0n) is 16.2. The number of fused-ring (bicyclic) bond motifs is 2. The number of likely N-dealkylation sites (N-methyl/N-ethyl adjacent to an activating group) is 1. The van der Waals surface area contributed by atoms with Crippen molar-refractivity contribution in [3.8, 4) is 34.8 Å². The quantitative estimate of drug-likeness (QED) is 0.623. The zero-order chi connectivity index (χ0) is 20.4. The van der Waals surface area contributed by atoms with Crippen LogP contribution in [0.4, 0.5) is 5.69 Å². The number of hydrogen-bond donors (Lipinski definition) is 1. The first kappa shape index (κ1) is 19.2. The molecule has 2 aromatic carbocycles. The Kier molecular flexibility index (Phi) is 5.36. The lowest BCUT2D eigenvalue weighted by Crippen LogP contribution is -2.31. The van der Waals surface area contributed by atoms with Crippen LogP contribution in [0, 0.1) is 17.0 Å². The van der Waals surface area contributed by atoms with E-state index in [1.54, 1.807) is 19.2 Å². The Labute approximate surface area is 168 Å². The molecule has 0 bridgehead atoms. The molecule has 0 amide bonds. The molecule has 0 saturated heterocycles. The number of methoxy groups -OCH3 is 1. The van der Waals surface area contributed by atoms with E-state index < -0.39 is 0 Å². The van der Waals surface area contributed by atoms with E-state index >= 15 is 0 Å². The molecule has 29 heavy (non-hydrogen) atoms. The summed E-state index contributed by atoms with van der Waals surface area (Å²) >= 11 is 0. The lowest BCUT2D eigenvalue weighted by Gasteiger charge is -2.32. The third kappa shape index (κ3) is 3.76. The first-order valence-corrected chi connectivity index (χ1v) is 9.15. The van der Waals surface area contributed by atoms with Gasteiger partial charge in [0.25, 0.3) is 0 Å². The van der Waals surface area contributed by atoms with Crippen molar-refractivity contribution < 1.29 is 24.2 Å². The van der Waals surface area contributed by atoms with E-state index in [0.29, 0.717) is 23.0 Å². The zero-order valence-corrected chi connectivity index (χ0v) is 16.2. The summed E-state index contributed by atoms with van der Waals surface area (Å²) in [4.78, 5) is 2.17. The van der Waals surface area contributed by atoms with Crippen LogP contribution in [-0.4, -0.2) is 44.2 Å². The molecule has 2 heterocycles. The van der Waals surface area contributed by atoms with Crippen molar-refractivity contribution in [2.24, 2.45) is 0 Å². The Morgan fingerprint density at radius 2 is 2.10 bits per heavy atom. The van der Waals surface area contributed by atoms with Crippen LogP contribution in [0.5, 0.6) is 23.0 Å². The fourth-order valence-corrected chi connectivity index (χ4v) is 3.54. The lowest BCUT2D eigenvalue weighted by atomic mass is 9.91. The Morgan fingerprint density at radius 3 is 2.83 bits per heavy atom. The molecule has 0 saturated carbocycles. The summed E-state index contributed by atoms with van der Waals surface area (Å²) in [7, 11) is 3.65. The maximum atomic E-state index is 10.8. The fourth-order valence-electron chi connectivity index (χ4n) is 3.54. The number of hydrogen-bond acceptors (Lipinski definition) is 8. The molecule has 8 heteroatoms. The minimum absolute atomic E-state index is 0.134. The van der Waals surface area contributed by atoms with Gasteiger partial charge in [0.2, 0.25) is 12.5 Å². The normalized spacial score (nSPS) is 17.2. The van der Waals surface area contributed by atoms with Crippen LogP contribution in [0.1, 0.15) is 17.2 Å². The van der Waals surface area contributed by atoms with Crippen molar-refractivity contribution in [3.05, 3.63) is 46.7 Å². The molecule has 0 radical (unpaired) electrons. The maximum Gasteiger partial charge on any atom is 0.231 e. The third-order valence-electron chi connectivity index (χ3n) is 5.00. The minimum atomic E-state index is -0.196. The monoisotopic (exact) mass is 397 g/mol. The summed E-state index contributed by atoms with van der Waals surface area (Å²) in [5.74, 6) is 8.90. The van der Waals surface area contributed by atoms with E-state index in [-0.39, 0.29) is 30.4 Å². The maximum absolute atomic E-state index is 10.8. The van der Waals surface area contributed by atoms with E-state index in [2.05, 4.69) is 16.7 Å². The molecule has 0 fully saturated rings. The van der Waals surface area contributed by atoms with E-state index in [9.17, 15) is 5.21 Å². The summed E-state index contributed by atoms with van der Waals surface area (Å²) in [6.45, 7) is 1.24. The van der Waals surface area contributed by atoms with E-state index in [0.717, 1.165) is 24.1 Å².